The van der Waals surface area contributed by atoms with Crippen molar-refractivity contribution in [3.8, 4) is 11.8 Å². The average molecular weight is 343 g/mol. The molecular formula is C21H29NO3. The second-order valence-electron chi connectivity index (χ2n) is 6.66. The molecule has 0 heterocycles. The largest absolute Gasteiger partial charge is 0.450 e. The molecule has 4 nitrogen and oxygen atoms in total. The SMILES string of the molecule is CCN(C)CC#CCOC(=O)C(O)c1ccccc1C1CCCCC1. The Morgan fingerprint density at radius 1 is 1.28 bits per heavy atom. The number of rotatable bonds is 6. The highest BCUT2D eigenvalue weighted by molar-refractivity contribution is 5.77. The molecule has 1 fully saturated rings. The normalized spacial score (nSPS) is 16.2. The van der Waals surface area contributed by atoms with Crippen molar-refractivity contribution in [3.63, 3.8) is 0 Å². The van der Waals surface area contributed by atoms with Gasteiger partial charge in [0.15, 0.2) is 12.7 Å². The maximum absolute atomic E-state index is 12.2. The smallest absolute Gasteiger partial charge is 0.340 e. The van der Waals surface area contributed by atoms with E-state index in [2.05, 4.69) is 23.7 Å². The third-order valence-electron chi connectivity index (χ3n) is 4.86. The molecule has 1 atom stereocenters. The van der Waals surface area contributed by atoms with Gasteiger partial charge in [-0.25, -0.2) is 4.79 Å². The Morgan fingerprint density at radius 2 is 2.00 bits per heavy atom. The number of carbonyl (C=O) groups is 1. The molecule has 1 aliphatic carbocycles. The van der Waals surface area contributed by atoms with Gasteiger partial charge in [-0.05, 0) is 43.5 Å². The Kier molecular flexibility index (Phi) is 7.97. The first-order valence-corrected chi connectivity index (χ1v) is 9.21. The summed E-state index contributed by atoms with van der Waals surface area (Å²) in [6, 6.07) is 7.69. The third-order valence-corrected chi connectivity index (χ3v) is 4.86. The highest BCUT2D eigenvalue weighted by Gasteiger charge is 2.25. The Balaban J connectivity index is 1.95. The lowest BCUT2D eigenvalue weighted by Gasteiger charge is -2.25. The molecule has 0 aromatic heterocycles. The fourth-order valence-electron chi connectivity index (χ4n) is 3.21. The topological polar surface area (TPSA) is 49.8 Å². The number of hydrogen-bond acceptors (Lipinski definition) is 4. The summed E-state index contributed by atoms with van der Waals surface area (Å²) < 4.78 is 5.13. The summed E-state index contributed by atoms with van der Waals surface area (Å²) in [5, 5.41) is 10.5. The van der Waals surface area contributed by atoms with Crippen molar-refractivity contribution in [3.05, 3.63) is 35.4 Å². The monoisotopic (exact) mass is 343 g/mol. The Hall–Kier alpha value is -1.83. The van der Waals surface area contributed by atoms with Gasteiger partial charge in [0.05, 0.1) is 6.54 Å². The van der Waals surface area contributed by atoms with E-state index >= 15 is 0 Å². The van der Waals surface area contributed by atoms with E-state index in [1.54, 1.807) is 0 Å². The molecule has 0 radical (unpaired) electrons. The highest BCUT2D eigenvalue weighted by Crippen LogP contribution is 2.36. The maximum atomic E-state index is 12.2. The van der Waals surface area contributed by atoms with E-state index in [0.29, 0.717) is 18.0 Å². The zero-order valence-electron chi connectivity index (χ0n) is 15.3. The predicted octanol–water partition coefficient (Wildman–Crippen LogP) is 3.27. The van der Waals surface area contributed by atoms with Crippen LogP contribution < -0.4 is 0 Å². The number of ether oxygens (including phenoxy) is 1. The van der Waals surface area contributed by atoms with Crippen LogP contribution in [0.1, 0.15) is 62.2 Å². The van der Waals surface area contributed by atoms with Crippen LogP contribution in [0.15, 0.2) is 24.3 Å². The van der Waals surface area contributed by atoms with Gasteiger partial charge in [-0.2, -0.15) is 0 Å². The van der Waals surface area contributed by atoms with E-state index < -0.39 is 12.1 Å². The molecular weight excluding hydrogens is 314 g/mol. The molecule has 2 rings (SSSR count). The summed E-state index contributed by atoms with van der Waals surface area (Å²) in [7, 11) is 1.98. The van der Waals surface area contributed by atoms with Gasteiger partial charge in [0.2, 0.25) is 0 Å². The van der Waals surface area contributed by atoms with Gasteiger partial charge in [0.1, 0.15) is 0 Å². The minimum absolute atomic E-state index is 0.0129. The summed E-state index contributed by atoms with van der Waals surface area (Å²) in [4.78, 5) is 14.2. The van der Waals surface area contributed by atoms with Gasteiger partial charge >= 0.3 is 5.97 Å². The minimum Gasteiger partial charge on any atom is -0.450 e. The number of benzene rings is 1. The van der Waals surface area contributed by atoms with Gasteiger partial charge in [-0.15, -0.1) is 0 Å². The number of esters is 1. The van der Waals surface area contributed by atoms with Gasteiger partial charge in [0.25, 0.3) is 0 Å². The molecule has 0 bridgehead atoms. The van der Waals surface area contributed by atoms with Gasteiger partial charge in [-0.1, -0.05) is 62.3 Å². The van der Waals surface area contributed by atoms with Crippen molar-refractivity contribution in [2.45, 2.75) is 51.0 Å². The van der Waals surface area contributed by atoms with E-state index in [1.165, 1.54) is 19.3 Å². The van der Waals surface area contributed by atoms with Crippen LogP contribution in [0.4, 0.5) is 0 Å². The molecule has 4 heteroatoms. The number of aliphatic hydroxyl groups is 1. The van der Waals surface area contributed by atoms with Gasteiger partial charge < -0.3 is 9.84 Å². The minimum atomic E-state index is -1.24. The van der Waals surface area contributed by atoms with Crippen LogP contribution in [-0.4, -0.2) is 42.7 Å². The summed E-state index contributed by atoms with van der Waals surface area (Å²) in [6.07, 6.45) is 4.70. The van der Waals surface area contributed by atoms with E-state index in [9.17, 15) is 9.90 Å². The summed E-state index contributed by atoms with van der Waals surface area (Å²) in [5.74, 6) is 5.57. The zero-order chi connectivity index (χ0) is 18.1. The number of aliphatic hydroxyl groups excluding tert-OH is 1. The van der Waals surface area contributed by atoms with Crippen LogP contribution in [0.25, 0.3) is 0 Å². The van der Waals surface area contributed by atoms with Gasteiger partial charge in [-0.3, -0.25) is 4.90 Å². The number of carbonyl (C=O) groups excluding carboxylic acids is 1. The van der Waals surface area contributed by atoms with Crippen molar-refractivity contribution in [1.82, 2.24) is 4.90 Å². The molecule has 1 saturated carbocycles. The lowest BCUT2D eigenvalue weighted by atomic mass is 9.81. The van der Waals surface area contributed by atoms with Crippen molar-refractivity contribution < 1.29 is 14.6 Å². The molecule has 0 amide bonds. The average Bonchev–Trinajstić information content (AvgIpc) is 2.67. The van der Waals surface area contributed by atoms with Crippen molar-refractivity contribution in [2.24, 2.45) is 0 Å². The molecule has 1 unspecified atom stereocenters. The molecule has 1 N–H and O–H groups in total. The van der Waals surface area contributed by atoms with E-state index in [-0.39, 0.29) is 6.61 Å². The molecule has 136 valence electrons. The molecule has 1 aromatic rings. The maximum Gasteiger partial charge on any atom is 0.340 e. The third kappa shape index (κ3) is 5.88. The number of hydrogen-bond donors (Lipinski definition) is 1. The molecule has 0 saturated heterocycles. The Bertz CT molecular complexity index is 611. The Labute approximate surface area is 151 Å². The van der Waals surface area contributed by atoms with E-state index in [4.69, 9.17) is 4.74 Å². The second-order valence-corrected chi connectivity index (χ2v) is 6.66. The van der Waals surface area contributed by atoms with Crippen LogP contribution in [0.5, 0.6) is 0 Å². The van der Waals surface area contributed by atoms with Crippen molar-refractivity contribution >= 4 is 5.97 Å². The molecule has 25 heavy (non-hydrogen) atoms. The lowest BCUT2D eigenvalue weighted by molar-refractivity contribution is -0.152. The van der Waals surface area contributed by atoms with Gasteiger partial charge in [0, 0.05) is 0 Å². The van der Waals surface area contributed by atoms with Crippen molar-refractivity contribution in [2.75, 3.05) is 26.7 Å². The van der Waals surface area contributed by atoms with Crippen LogP contribution in [0, 0.1) is 11.8 Å². The second kappa shape index (κ2) is 10.2. The molecule has 0 spiro atoms. The van der Waals surface area contributed by atoms with Crippen LogP contribution in [0.3, 0.4) is 0 Å². The first-order chi connectivity index (χ1) is 12.1. The first-order valence-electron chi connectivity index (χ1n) is 9.21. The highest BCUT2D eigenvalue weighted by atomic mass is 16.5. The van der Waals surface area contributed by atoms with E-state index in [1.807, 2.05) is 31.3 Å². The quantitative estimate of drug-likeness (QED) is 0.636. The van der Waals surface area contributed by atoms with Crippen molar-refractivity contribution in [1.29, 1.82) is 0 Å². The molecule has 1 aliphatic rings. The molecule has 1 aromatic carbocycles. The lowest BCUT2D eigenvalue weighted by Crippen LogP contribution is -2.19. The predicted molar refractivity (Wildman–Crippen MR) is 99.1 cm³/mol. The summed E-state index contributed by atoms with van der Waals surface area (Å²) >= 11 is 0. The number of nitrogens with zero attached hydrogens (tertiary/aromatic N) is 1. The van der Waals surface area contributed by atoms with Crippen LogP contribution >= 0.6 is 0 Å². The van der Waals surface area contributed by atoms with E-state index in [0.717, 1.165) is 24.9 Å². The zero-order valence-corrected chi connectivity index (χ0v) is 15.3. The Morgan fingerprint density at radius 3 is 2.72 bits per heavy atom. The fraction of sp³-hybridized carbons (Fsp3) is 0.571. The fourth-order valence-corrected chi connectivity index (χ4v) is 3.21. The standard InChI is InChI=1S/C21H29NO3/c1-3-22(2)15-9-10-16-25-21(24)20(23)19-14-8-7-13-18(19)17-11-5-4-6-12-17/h7-8,13-14,17,20,23H,3-6,11-12,15-16H2,1-2H3. The van der Waals surface area contributed by atoms with Crippen LogP contribution in [-0.2, 0) is 9.53 Å². The molecule has 0 aliphatic heterocycles. The van der Waals surface area contributed by atoms with Crippen LogP contribution in [0.2, 0.25) is 0 Å². The summed E-state index contributed by atoms with van der Waals surface area (Å²) in [6.45, 7) is 3.63. The first kappa shape index (κ1) is 19.5. The summed E-state index contributed by atoms with van der Waals surface area (Å²) in [5.41, 5.74) is 1.76.